The maximum atomic E-state index is 13.1. The summed E-state index contributed by atoms with van der Waals surface area (Å²) < 4.78 is 5.67. The first kappa shape index (κ1) is 26.0. The van der Waals surface area contributed by atoms with Crippen LogP contribution in [0.3, 0.4) is 0 Å². The zero-order valence-corrected chi connectivity index (χ0v) is 21.8. The molecular formula is C32H37N3O3. The number of carbonyl (C=O) groups is 2. The van der Waals surface area contributed by atoms with E-state index < -0.39 is 12.1 Å². The lowest BCUT2D eigenvalue weighted by molar-refractivity contribution is -0.118. The van der Waals surface area contributed by atoms with Gasteiger partial charge in [-0.15, -0.1) is 0 Å². The number of fused-ring (bicyclic) bond motifs is 3. The van der Waals surface area contributed by atoms with Crippen molar-refractivity contribution in [1.82, 2.24) is 5.32 Å². The third kappa shape index (κ3) is 5.91. The molecule has 0 spiro atoms. The highest BCUT2D eigenvalue weighted by atomic mass is 16.5. The number of amides is 2. The van der Waals surface area contributed by atoms with Crippen molar-refractivity contribution < 1.29 is 14.3 Å². The number of ether oxygens (including phenoxy) is 1. The Balaban J connectivity index is 1.19. The highest BCUT2D eigenvalue weighted by molar-refractivity contribution is 5.96. The predicted octanol–water partition coefficient (Wildman–Crippen LogP) is 6.32. The van der Waals surface area contributed by atoms with Crippen LogP contribution in [-0.4, -0.2) is 31.2 Å². The Labute approximate surface area is 225 Å². The zero-order valence-electron chi connectivity index (χ0n) is 21.8. The predicted molar refractivity (Wildman–Crippen MR) is 151 cm³/mol. The molecule has 38 heavy (non-hydrogen) atoms. The van der Waals surface area contributed by atoms with Crippen LogP contribution < -0.4 is 16.4 Å². The van der Waals surface area contributed by atoms with Crippen molar-refractivity contribution in [3.63, 3.8) is 0 Å². The summed E-state index contributed by atoms with van der Waals surface area (Å²) in [6.07, 6.45) is 6.81. The molecule has 2 aliphatic carbocycles. The molecule has 3 aromatic carbocycles. The van der Waals surface area contributed by atoms with E-state index in [2.05, 4.69) is 47.0 Å². The van der Waals surface area contributed by atoms with Crippen molar-refractivity contribution in [3.05, 3.63) is 89.5 Å². The molecule has 198 valence electrons. The molecule has 0 saturated heterocycles. The van der Waals surface area contributed by atoms with Gasteiger partial charge in [-0.1, -0.05) is 79.9 Å². The van der Waals surface area contributed by atoms with Crippen LogP contribution in [0.25, 0.3) is 11.1 Å². The summed E-state index contributed by atoms with van der Waals surface area (Å²) in [6.45, 7) is 0.639. The van der Waals surface area contributed by atoms with Gasteiger partial charge < -0.3 is 21.1 Å². The molecule has 4 N–H and O–H groups in total. The summed E-state index contributed by atoms with van der Waals surface area (Å²) in [5.74, 6) is 0.311. The number of nitrogens with one attached hydrogen (secondary N) is 2. The molecule has 1 saturated carbocycles. The number of benzene rings is 3. The fourth-order valence-electron chi connectivity index (χ4n) is 5.88. The van der Waals surface area contributed by atoms with E-state index in [0.717, 1.165) is 16.8 Å². The van der Waals surface area contributed by atoms with Gasteiger partial charge in [-0.3, -0.25) is 4.79 Å². The van der Waals surface area contributed by atoms with Crippen LogP contribution in [0.5, 0.6) is 0 Å². The van der Waals surface area contributed by atoms with Crippen molar-refractivity contribution in [1.29, 1.82) is 0 Å². The Kier molecular flexibility index (Phi) is 8.39. The van der Waals surface area contributed by atoms with Gasteiger partial charge in [-0.05, 0) is 78.1 Å². The van der Waals surface area contributed by atoms with Crippen LogP contribution in [0.2, 0.25) is 0 Å². The van der Waals surface area contributed by atoms with E-state index in [9.17, 15) is 9.59 Å². The van der Waals surface area contributed by atoms with Gasteiger partial charge in [0, 0.05) is 11.6 Å². The number of hydrogen-bond acceptors (Lipinski definition) is 4. The Morgan fingerprint density at radius 1 is 0.868 bits per heavy atom. The summed E-state index contributed by atoms with van der Waals surface area (Å²) in [5.41, 5.74) is 12.4. The van der Waals surface area contributed by atoms with Crippen molar-refractivity contribution in [3.8, 4) is 11.1 Å². The summed E-state index contributed by atoms with van der Waals surface area (Å²) in [5, 5.41) is 5.74. The first-order valence-corrected chi connectivity index (χ1v) is 13.9. The van der Waals surface area contributed by atoms with Gasteiger partial charge in [0.2, 0.25) is 5.91 Å². The van der Waals surface area contributed by atoms with Gasteiger partial charge in [0.15, 0.2) is 0 Å². The van der Waals surface area contributed by atoms with Gasteiger partial charge in [0.25, 0.3) is 0 Å². The molecule has 0 unspecified atom stereocenters. The average molecular weight is 512 g/mol. The van der Waals surface area contributed by atoms with Crippen LogP contribution in [0.15, 0.2) is 72.8 Å². The molecule has 5 rings (SSSR count). The smallest absolute Gasteiger partial charge is 0.407 e. The fraction of sp³-hybridized carbons (Fsp3) is 0.375. The number of hydrogen-bond donors (Lipinski definition) is 3. The van der Waals surface area contributed by atoms with E-state index in [4.69, 9.17) is 10.5 Å². The Hall–Kier alpha value is -3.64. The SMILES string of the molecule is NCCC[C@@H](NC(=O)OCC1c2ccccc2-c2ccccc21)C(=O)Nc1ccc(C2CCCCC2)cc1. The summed E-state index contributed by atoms with van der Waals surface area (Å²) in [6, 6.07) is 23.8. The molecule has 2 aliphatic rings. The molecule has 0 radical (unpaired) electrons. The largest absolute Gasteiger partial charge is 0.449 e. The van der Waals surface area contributed by atoms with Crippen LogP contribution in [-0.2, 0) is 9.53 Å². The first-order chi connectivity index (χ1) is 18.6. The molecule has 0 heterocycles. The van der Waals surface area contributed by atoms with Crippen molar-refractivity contribution in [2.75, 3.05) is 18.5 Å². The minimum absolute atomic E-state index is 0.0350. The van der Waals surface area contributed by atoms with Crippen LogP contribution in [0.1, 0.15) is 73.5 Å². The maximum Gasteiger partial charge on any atom is 0.407 e. The number of rotatable bonds is 9. The van der Waals surface area contributed by atoms with Gasteiger partial charge in [0.1, 0.15) is 12.6 Å². The van der Waals surface area contributed by atoms with E-state index in [1.807, 2.05) is 36.4 Å². The first-order valence-electron chi connectivity index (χ1n) is 13.9. The van der Waals surface area contributed by atoms with Crippen LogP contribution >= 0.6 is 0 Å². The standard InChI is InChI=1S/C32H37N3O3/c33-20-8-15-30(31(36)34-24-18-16-23(17-19-24)22-9-2-1-3-10-22)35-32(37)38-21-29-27-13-6-4-11-25(27)26-12-5-7-14-28(26)29/h4-7,11-14,16-19,22,29-30H,1-3,8-10,15,20-21,33H2,(H,34,36)(H,35,37)/t30-/m1/s1. The Morgan fingerprint density at radius 2 is 1.50 bits per heavy atom. The van der Waals surface area contributed by atoms with Gasteiger partial charge in [-0.2, -0.15) is 0 Å². The second-order valence-corrected chi connectivity index (χ2v) is 10.4. The van der Waals surface area contributed by atoms with E-state index >= 15 is 0 Å². The number of carbonyl (C=O) groups excluding carboxylic acids is 2. The summed E-state index contributed by atoms with van der Waals surface area (Å²) in [4.78, 5) is 25.9. The number of nitrogens with two attached hydrogens (primary N) is 1. The molecule has 6 heteroatoms. The molecule has 3 aromatic rings. The van der Waals surface area contributed by atoms with Gasteiger partial charge in [-0.25, -0.2) is 4.79 Å². The normalized spacial score (nSPS) is 15.8. The molecule has 6 nitrogen and oxygen atoms in total. The lowest BCUT2D eigenvalue weighted by Crippen LogP contribution is -2.44. The fourth-order valence-corrected chi connectivity index (χ4v) is 5.88. The molecule has 1 atom stereocenters. The minimum Gasteiger partial charge on any atom is -0.449 e. The topological polar surface area (TPSA) is 93.4 Å². The molecular weight excluding hydrogens is 474 g/mol. The minimum atomic E-state index is -0.729. The Morgan fingerprint density at radius 3 is 2.13 bits per heavy atom. The quantitative estimate of drug-likeness (QED) is 0.313. The van der Waals surface area contributed by atoms with E-state index in [-0.39, 0.29) is 18.4 Å². The summed E-state index contributed by atoms with van der Waals surface area (Å²) in [7, 11) is 0. The maximum absolute atomic E-state index is 13.1. The van der Waals surface area contributed by atoms with Gasteiger partial charge >= 0.3 is 6.09 Å². The van der Waals surface area contributed by atoms with E-state index in [0.29, 0.717) is 25.3 Å². The van der Waals surface area contributed by atoms with Crippen LogP contribution in [0, 0.1) is 0 Å². The van der Waals surface area contributed by atoms with Crippen molar-refractivity contribution >= 4 is 17.7 Å². The zero-order chi connectivity index (χ0) is 26.3. The lowest BCUT2D eigenvalue weighted by Gasteiger charge is -2.22. The lowest BCUT2D eigenvalue weighted by atomic mass is 9.84. The average Bonchev–Trinajstić information content (AvgIpc) is 3.28. The Bertz CT molecular complexity index is 1210. The van der Waals surface area contributed by atoms with Crippen LogP contribution in [0.4, 0.5) is 10.5 Å². The molecule has 0 aromatic heterocycles. The third-order valence-electron chi connectivity index (χ3n) is 7.90. The molecule has 2 amide bonds. The molecule has 0 aliphatic heterocycles. The monoisotopic (exact) mass is 511 g/mol. The van der Waals surface area contributed by atoms with E-state index in [1.165, 1.54) is 48.8 Å². The highest BCUT2D eigenvalue weighted by Crippen LogP contribution is 2.44. The van der Waals surface area contributed by atoms with Gasteiger partial charge in [0.05, 0.1) is 0 Å². The highest BCUT2D eigenvalue weighted by Gasteiger charge is 2.30. The van der Waals surface area contributed by atoms with Crippen molar-refractivity contribution in [2.24, 2.45) is 5.73 Å². The number of anilines is 1. The van der Waals surface area contributed by atoms with Crippen molar-refractivity contribution in [2.45, 2.75) is 62.8 Å². The second kappa shape index (κ2) is 12.3. The number of alkyl carbamates (subject to hydrolysis) is 1. The third-order valence-corrected chi connectivity index (χ3v) is 7.90. The molecule has 0 bridgehead atoms. The second-order valence-electron chi connectivity index (χ2n) is 10.4. The molecule has 1 fully saturated rings. The van der Waals surface area contributed by atoms with E-state index in [1.54, 1.807) is 0 Å². The summed E-state index contributed by atoms with van der Waals surface area (Å²) >= 11 is 0.